The highest BCUT2D eigenvalue weighted by molar-refractivity contribution is 5.46. The molecule has 152 valence electrons. The molecule has 1 heterocycles. The molecule has 0 atom stereocenters. The standard InChI is InChI=1S/C27H33NO/c1-3-9-24(10-4-1)21-28-19-17-23(18-20-28)15-16-26-13-7-8-14-27(26)29-22-25-11-5-2-6-12-25/h1,3-4,7-10,13-14,23,25H,2,5-6,11-12,17-22H2. The van der Waals surface area contributed by atoms with E-state index in [4.69, 9.17) is 4.74 Å². The summed E-state index contributed by atoms with van der Waals surface area (Å²) in [4.78, 5) is 2.55. The Labute approximate surface area is 176 Å². The molecule has 29 heavy (non-hydrogen) atoms. The summed E-state index contributed by atoms with van der Waals surface area (Å²) < 4.78 is 6.19. The van der Waals surface area contributed by atoms with Crippen molar-refractivity contribution in [2.45, 2.75) is 51.5 Å². The summed E-state index contributed by atoms with van der Waals surface area (Å²) in [5, 5.41) is 0. The number of para-hydroxylation sites is 1. The van der Waals surface area contributed by atoms with Crippen LogP contribution >= 0.6 is 0 Å². The second kappa shape index (κ2) is 10.5. The fraction of sp³-hybridized carbons (Fsp3) is 0.481. The maximum atomic E-state index is 6.19. The minimum atomic E-state index is 0.494. The Morgan fingerprint density at radius 2 is 1.55 bits per heavy atom. The Hall–Kier alpha value is -2.24. The van der Waals surface area contributed by atoms with Crippen molar-refractivity contribution in [3.8, 4) is 17.6 Å². The van der Waals surface area contributed by atoms with Gasteiger partial charge >= 0.3 is 0 Å². The van der Waals surface area contributed by atoms with Crippen LogP contribution in [-0.2, 0) is 6.54 Å². The summed E-state index contributed by atoms with van der Waals surface area (Å²) in [5.41, 5.74) is 2.45. The first-order valence-electron chi connectivity index (χ1n) is 11.4. The lowest BCUT2D eigenvalue weighted by molar-refractivity contribution is 0.199. The molecule has 1 saturated carbocycles. The molecule has 2 heteroatoms. The van der Waals surface area contributed by atoms with Gasteiger partial charge in [-0.2, -0.15) is 0 Å². The molecule has 4 rings (SSSR count). The van der Waals surface area contributed by atoms with Gasteiger partial charge in [-0.3, -0.25) is 4.90 Å². The molecule has 0 radical (unpaired) electrons. The van der Waals surface area contributed by atoms with Gasteiger partial charge in [0.1, 0.15) is 5.75 Å². The molecule has 0 amide bonds. The first-order chi connectivity index (χ1) is 14.4. The Balaban J connectivity index is 1.29. The van der Waals surface area contributed by atoms with Crippen LogP contribution in [-0.4, -0.2) is 24.6 Å². The normalized spacial score (nSPS) is 18.8. The molecule has 2 nitrogen and oxygen atoms in total. The second-order valence-electron chi connectivity index (χ2n) is 8.62. The molecule has 2 aromatic rings. The fourth-order valence-corrected chi connectivity index (χ4v) is 4.51. The number of piperidine rings is 1. The lowest BCUT2D eigenvalue weighted by Crippen LogP contribution is -2.32. The molecule has 1 aliphatic heterocycles. The van der Waals surface area contributed by atoms with Crippen molar-refractivity contribution >= 4 is 0 Å². The van der Waals surface area contributed by atoms with Gasteiger partial charge in [0.05, 0.1) is 12.2 Å². The third-order valence-corrected chi connectivity index (χ3v) is 6.33. The number of hydrogen-bond acceptors (Lipinski definition) is 2. The van der Waals surface area contributed by atoms with Crippen molar-refractivity contribution in [2.75, 3.05) is 19.7 Å². The van der Waals surface area contributed by atoms with E-state index in [2.05, 4.69) is 71.3 Å². The lowest BCUT2D eigenvalue weighted by atomic mass is 9.90. The molecule has 0 bridgehead atoms. The number of hydrogen-bond donors (Lipinski definition) is 0. The van der Waals surface area contributed by atoms with Gasteiger partial charge in [-0.25, -0.2) is 0 Å². The van der Waals surface area contributed by atoms with Crippen LogP contribution in [0.1, 0.15) is 56.1 Å². The predicted octanol–water partition coefficient (Wildman–Crippen LogP) is 5.91. The van der Waals surface area contributed by atoms with Crippen LogP contribution in [0.3, 0.4) is 0 Å². The molecule has 1 aliphatic carbocycles. The van der Waals surface area contributed by atoms with Gasteiger partial charge in [0, 0.05) is 12.5 Å². The zero-order chi connectivity index (χ0) is 19.7. The minimum absolute atomic E-state index is 0.494. The molecule has 0 spiro atoms. The predicted molar refractivity (Wildman–Crippen MR) is 120 cm³/mol. The van der Waals surface area contributed by atoms with Gasteiger partial charge in [-0.1, -0.05) is 73.6 Å². The molecular formula is C27H33NO. The Kier molecular flexibility index (Phi) is 7.27. The van der Waals surface area contributed by atoms with Crippen molar-refractivity contribution in [3.63, 3.8) is 0 Å². The van der Waals surface area contributed by atoms with Crippen LogP contribution in [0, 0.1) is 23.7 Å². The molecule has 2 fully saturated rings. The van der Waals surface area contributed by atoms with Crippen molar-refractivity contribution in [1.82, 2.24) is 4.90 Å². The van der Waals surface area contributed by atoms with E-state index in [0.717, 1.165) is 56.3 Å². The van der Waals surface area contributed by atoms with Gasteiger partial charge in [-0.05, 0) is 62.4 Å². The van der Waals surface area contributed by atoms with E-state index in [0.29, 0.717) is 5.92 Å². The van der Waals surface area contributed by atoms with Crippen molar-refractivity contribution in [2.24, 2.45) is 11.8 Å². The zero-order valence-electron chi connectivity index (χ0n) is 17.5. The molecule has 1 saturated heterocycles. The highest BCUT2D eigenvalue weighted by Crippen LogP contribution is 2.26. The van der Waals surface area contributed by atoms with E-state index >= 15 is 0 Å². The van der Waals surface area contributed by atoms with Crippen LogP contribution in [0.5, 0.6) is 5.75 Å². The van der Waals surface area contributed by atoms with E-state index in [1.54, 1.807) is 0 Å². The van der Waals surface area contributed by atoms with Crippen molar-refractivity contribution < 1.29 is 4.74 Å². The summed E-state index contributed by atoms with van der Waals surface area (Å²) in [6.45, 7) is 4.16. The highest BCUT2D eigenvalue weighted by atomic mass is 16.5. The summed E-state index contributed by atoms with van der Waals surface area (Å²) in [6, 6.07) is 19.1. The van der Waals surface area contributed by atoms with E-state index in [1.165, 1.54) is 37.7 Å². The minimum Gasteiger partial charge on any atom is -0.492 e. The van der Waals surface area contributed by atoms with E-state index in [-0.39, 0.29) is 0 Å². The van der Waals surface area contributed by atoms with Crippen LogP contribution < -0.4 is 4.74 Å². The number of nitrogens with zero attached hydrogens (tertiary/aromatic N) is 1. The summed E-state index contributed by atoms with van der Waals surface area (Å²) >= 11 is 0. The van der Waals surface area contributed by atoms with Gasteiger partial charge in [-0.15, -0.1) is 0 Å². The molecule has 2 aliphatic rings. The van der Waals surface area contributed by atoms with Gasteiger partial charge < -0.3 is 4.74 Å². The zero-order valence-corrected chi connectivity index (χ0v) is 17.5. The van der Waals surface area contributed by atoms with Crippen LogP contribution in [0.15, 0.2) is 54.6 Å². The maximum Gasteiger partial charge on any atom is 0.134 e. The average molecular weight is 388 g/mol. The summed E-state index contributed by atoms with van der Waals surface area (Å²) in [7, 11) is 0. The smallest absolute Gasteiger partial charge is 0.134 e. The van der Waals surface area contributed by atoms with Crippen LogP contribution in [0.25, 0.3) is 0 Å². The van der Waals surface area contributed by atoms with Crippen LogP contribution in [0.2, 0.25) is 0 Å². The fourth-order valence-electron chi connectivity index (χ4n) is 4.51. The molecular weight excluding hydrogens is 354 g/mol. The van der Waals surface area contributed by atoms with Gasteiger partial charge in [0.15, 0.2) is 0 Å². The first-order valence-corrected chi connectivity index (χ1v) is 11.4. The monoisotopic (exact) mass is 387 g/mol. The summed E-state index contributed by atoms with van der Waals surface area (Å²) in [5.74, 6) is 9.17. The van der Waals surface area contributed by atoms with Gasteiger partial charge in [0.25, 0.3) is 0 Å². The highest BCUT2D eigenvalue weighted by Gasteiger charge is 2.18. The first kappa shape index (κ1) is 20.0. The Bertz CT molecular complexity index is 805. The average Bonchev–Trinajstić information content (AvgIpc) is 2.79. The van der Waals surface area contributed by atoms with Gasteiger partial charge in [0.2, 0.25) is 0 Å². The molecule has 2 aromatic carbocycles. The summed E-state index contributed by atoms with van der Waals surface area (Å²) in [6.07, 6.45) is 9.06. The molecule has 0 N–H and O–H groups in total. The van der Waals surface area contributed by atoms with Crippen molar-refractivity contribution in [3.05, 3.63) is 65.7 Å². The number of rotatable bonds is 5. The SMILES string of the molecule is C(#CC1CCN(Cc2ccccc2)CC1)c1ccccc1OCC1CCCCC1. The van der Waals surface area contributed by atoms with E-state index in [9.17, 15) is 0 Å². The number of ether oxygens (including phenoxy) is 1. The lowest BCUT2D eigenvalue weighted by Gasteiger charge is -2.29. The second-order valence-corrected chi connectivity index (χ2v) is 8.62. The maximum absolute atomic E-state index is 6.19. The third-order valence-electron chi connectivity index (χ3n) is 6.33. The molecule has 0 unspecified atom stereocenters. The van der Waals surface area contributed by atoms with E-state index < -0.39 is 0 Å². The number of likely N-dealkylation sites (tertiary alicyclic amines) is 1. The number of benzene rings is 2. The Morgan fingerprint density at radius 3 is 2.34 bits per heavy atom. The third kappa shape index (κ3) is 6.12. The van der Waals surface area contributed by atoms with Crippen LogP contribution in [0.4, 0.5) is 0 Å². The largest absolute Gasteiger partial charge is 0.492 e. The quantitative estimate of drug-likeness (QED) is 0.591. The van der Waals surface area contributed by atoms with Crippen molar-refractivity contribution in [1.29, 1.82) is 0 Å². The topological polar surface area (TPSA) is 12.5 Å². The Morgan fingerprint density at radius 1 is 0.828 bits per heavy atom. The van der Waals surface area contributed by atoms with E-state index in [1.807, 2.05) is 0 Å². The molecule has 0 aromatic heterocycles.